The SMILES string of the molecule is COc1ccc(N2CC[NH+](Cc3cccc(OC)c3OC)CC2)cc1. The van der Waals surface area contributed by atoms with Crippen molar-refractivity contribution in [1.29, 1.82) is 0 Å². The van der Waals surface area contributed by atoms with Gasteiger partial charge in [0.2, 0.25) is 0 Å². The van der Waals surface area contributed by atoms with Crippen LogP contribution in [0.25, 0.3) is 0 Å². The maximum Gasteiger partial charge on any atom is 0.169 e. The van der Waals surface area contributed by atoms with Crippen LogP contribution < -0.4 is 24.0 Å². The number of hydrogen-bond acceptors (Lipinski definition) is 4. The van der Waals surface area contributed by atoms with Crippen LogP contribution in [0.15, 0.2) is 42.5 Å². The highest BCUT2D eigenvalue weighted by molar-refractivity contribution is 5.49. The van der Waals surface area contributed by atoms with E-state index in [1.165, 1.54) is 11.3 Å². The second kappa shape index (κ2) is 8.12. The van der Waals surface area contributed by atoms with Crippen LogP contribution in [0.3, 0.4) is 0 Å². The van der Waals surface area contributed by atoms with Gasteiger partial charge in [-0.3, -0.25) is 0 Å². The molecule has 2 aromatic carbocycles. The van der Waals surface area contributed by atoms with Gasteiger partial charge in [-0.25, -0.2) is 0 Å². The molecule has 2 aromatic rings. The van der Waals surface area contributed by atoms with Gasteiger partial charge in [0.1, 0.15) is 12.3 Å². The molecule has 5 nitrogen and oxygen atoms in total. The number of benzene rings is 2. The summed E-state index contributed by atoms with van der Waals surface area (Å²) in [6, 6.07) is 14.4. The molecule has 1 saturated heterocycles. The zero-order chi connectivity index (χ0) is 17.6. The van der Waals surface area contributed by atoms with Crippen LogP contribution in [-0.2, 0) is 6.54 Å². The molecule has 1 fully saturated rings. The van der Waals surface area contributed by atoms with Crippen LogP contribution in [-0.4, -0.2) is 47.5 Å². The lowest BCUT2D eigenvalue weighted by Crippen LogP contribution is -3.13. The van der Waals surface area contributed by atoms with Gasteiger partial charge in [0.15, 0.2) is 11.5 Å². The van der Waals surface area contributed by atoms with Gasteiger partial charge < -0.3 is 24.0 Å². The van der Waals surface area contributed by atoms with Gasteiger partial charge in [-0.15, -0.1) is 0 Å². The number of para-hydroxylation sites is 1. The Balaban J connectivity index is 1.61. The maximum absolute atomic E-state index is 5.56. The minimum atomic E-state index is 0.802. The average molecular weight is 343 g/mol. The summed E-state index contributed by atoms with van der Waals surface area (Å²) in [6.07, 6.45) is 0. The molecule has 1 heterocycles. The van der Waals surface area contributed by atoms with Crippen molar-refractivity contribution in [3.63, 3.8) is 0 Å². The van der Waals surface area contributed by atoms with Gasteiger partial charge in [-0.1, -0.05) is 6.07 Å². The van der Waals surface area contributed by atoms with Crippen LogP contribution in [0.4, 0.5) is 5.69 Å². The summed E-state index contributed by atoms with van der Waals surface area (Å²) in [6.45, 7) is 5.26. The molecule has 0 saturated carbocycles. The zero-order valence-corrected chi connectivity index (χ0v) is 15.2. The third-order valence-corrected chi connectivity index (χ3v) is 4.83. The minimum Gasteiger partial charge on any atom is -0.497 e. The highest BCUT2D eigenvalue weighted by Gasteiger charge is 2.22. The molecule has 0 bridgehead atoms. The van der Waals surface area contributed by atoms with E-state index in [-0.39, 0.29) is 0 Å². The van der Waals surface area contributed by atoms with Gasteiger partial charge >= 0.3 is 0 Å². The van der Waals surface area contributed by atoms with Crippen LogP contribution in [0.2, 0.25) is 0 Å². The number of hydrogen-bond donors (Lipinski definition) is 1. The molecule has 1 aliphatic heterocycles. The van der Waals surface area contributed by atoms with Crippen molar-refractivity contribution in [2.24, 2.45) is 0 Å². The van der Waals surface area contributed by atoms with Crippen LogP contribution >= 0.6 is 0 Å². The van der Waals surface area contributed by atoms with E-state index in [4.69, 9.17) is 14.2 Å². The molecular formula is C20H27N2O3+. The van der Waals surface area contributed by atoms with Crippen molar-refractivity contribution < 1.29 is 19.1 Å². The first-order valence-corrected chi connectivity index (χ1v) is 8.67. The minimum absolute atomic E-state index is 0.802. The molecular weight excluding hydrogens is 316 g/mol. The second-order valence-corrected chi connectivity index (χ2v) is 6.26. The van der Waals surface area contributed by atoms with Crippen molar-refractivity contribution in [3.8, 4) is 17.2 Å². The topological polar surface area (TPSA) is 35.4 Å². The first kappa shape index (κ1) is 17.4. The van der Waals surface area contributed by atoms with Gasteiger partial charge in [0, 0.05) is 5.69 Å². The fraction of sp³-hybridized carbons (Fsp3) is 0.400. The fourth-order valence-electron chi connectivity index (χ4n) is 3.41. The molecule has 1 aliphatic rings. The summed E-state index contributed by atoms with van der Waals surface area (Å²) in [4.78, 5) is 4.00. The van der Waals surface area contributed by atoms with E-state index in [1.54, 1.807) is 26.2 Å². The fourth-order valence-corrected chi connectivity index (χ4v) is 3.41. The van der Waals surface area contributed by atoms with Crippen molar-refractivity contribution in [3.05, 3.63) is 48.0 Å². The Morgan fingerprint density at radius 3 is 2.20 bits per heavy atom. The lowest BCUT2D eigenvalue weighted by molar-refractivity contribution is -0.914. The predicted molar refractivity (Wildman–Crippen MR) is 99.2 cm³/mol. The normalized spacial score (nSPS) is 15.1. The van der Waals surface area contributed by atoms with E-state index < -0.39 is 0 Å². The third-order valence-electron chi connectivity index (χ3n) is 4.83. The Morgan fingerprint density at radius 2 is 1.60 bits per heavy atom. The molecule has 3 rings (SSSR count). The molecule has 0 atom stereocenters. The first-order valence-electron chi connectivity index (χ1n) is 8.67. The second-order valence-electron chi connectivity index (χ2n) is 6.26. The molecule has 0 aliphatic carbocycles. The highest BCUT2D eigenvalue weighted by atomic mass is 16.5. The van der Waals surface area contributed by atoms with Crippen molar-refractivity contribution >= 4 is 5.69 Å². The van der Waals surface area contributed by atoms with Crippen molar-refractivity contribution in [2.75, 3.05) is 52.4 Å². The van der Waals surface area contributed by atoms with E-state index in [2.05, 4.69) is 23.1 Å². The lowest BCUT2D eigenvalue weighted by atomic mass is 10.1. The van der Waals surface area contributed by atoms with Gasteiger partial charge in [0.25, 0.3) is 0 Å². The smallest absolute Gasteiger partial charge is 0.169 e. The maximum atomic E-state index is 5.56. The van der Waals surface area contributed by atoms with E-state index >= 15 is 0 Å². The van der Waals surface area contributed by atoms with E-state index in [1.807, 2.05) is 24.3 Å². The number of methoxy groups -OCH3 is 3. The van der Waals surface area contributed by atoms with Crippen LogP contribution in [0, 0.1) is 0 Å². The Bertz CT molecular complexity index is 680. The van der Waals surface area contributed by atoms with Gasteiger partial charge in [0.05, 0.1) is 53.1 Å². The highest BCUT2D eigenvalue weighted by Crippen LogP contribution is 2.30. The number of rotatable bonds is 6. The summed E-state index contributed by atoms with van der Waals surface area (Å²) in [5.74, 6) is 2.56. The van der Waals surface area contributed by atoms with Crippen molar-refractivity contribution in [1.82, 2.24) is 0 Å². The summed E-state index contributed by atoms with van der Waals surface area (Å²) in [7, 11) is 5.09. The molecule has 0 spiro atoms. The summed E-state index contributed by atoms with van der Waals surface area (Å²) in [5, 5.41) is 0. The summed E-state index contributed by atoms with van der Waals surface area (Å²) < 4.78 is 16.2. The number of anilines is 1. The Labute approximate surface area is 149 Å². The first-order chi connectivity index (χ1) is 12.2. The van der Waals surface area contributed by atoms with Crippen LogP contribution in [0.5, 0.6) is 17.2 Å². The number of ether oxygens (including phenoxy) is 3. The third kappa shape index (κ3) is 3.99. The zero-order valence-electron chi connectivity index (χ0n) is 15.2. The average Bonchev–Trinajstić information content (AvgIpc) is 2.68. The van der Waals surface area contributed by atoms with Crippen LogP contribution in [0.1, 0.15) is 5.56 Å². The summed E-state index contributed by atoms with van der Waals surface area (Å²) >= 11 is 0. The molecule has 0 radical (unpaired) electrons. The van der Waals surface area contributed by atoms with E-state index in [0.717, 1.165) is 50.0 Å². The van der Waals surface area contributed by atoms with Crippen molar-refractivity contribution in [2.45, 2.75) is 6.54 Å². The Hall–Kier alpha value is -2.40. The van der Waals surface area contributed by atoms with E-state index in [9.17, 15) is 0 Å². The number of nitrogens with zero attached hydrogens (tertiary/aromatic N) is 1. The Kier molecular flexibility index (Phi) is 5.66. The van der Waals surface area contributed by atoms with Gasteiger partial charge in [-0.05, 0) is 36.4 Å². The number of piperazine rings is 1. The number of nitrogens with one attached hydrogen (secondary N) is 1. The molecule has 0 aromatic heterocycles. The predicted octanol–water partition coefficient (Wildman–Crippen LogP) is 1.62. The molecule has 25 heavy (non-hydrogen) atoms. The number of quaternary nitrogens is 1. The largest absolute Gasteiger partial charge is 0.497 e. The molecule has 1 N–H and O–H groups in total. The molecule has 134 valence electrons. The monoisotopic (exact) mass is 343 g/mol. The molecule has 5 heteroatoms. The quantitative estimate of drug-likeness (QED) is 0.865. The standard InChI is InChI=1S/C20H26N2O3/c1-23-18-9-7-17(8-10-18)22-13-11-21(12-14-22)15-16-5-4-6-19(24-2)20(16)25-3/h4-10H,11-15H2,1-3H3/p+1. The molecule has 0 amide bonds. The molecule has 0 unspecified atom stereocenters. The lowest BCUT2D eigenvalue weighted by Gasteiger charge is -2.34. The van der Waals surface area contributed by atoms with Gasteiger partial charge in [-0.2, -0.15) is 0 Å². The van der Waals surface area contributed by atoms with E-state index in [0.29, 0.717) is 0 Å². The summed E-state index contributed by atoms with van der Waals surface area (Å²) in [5.41, 5.74) is 2.47. The Morgan fingerprint density at radius 1 is 0.880 bits per heavy atom.